The second kappa shape index (κ2) is 6.69. The number of rotatable bonds is 4. The number of amides is 1. The van der Waals surface area contributed by atoms with Crippen LogP contribution in [0.5, 0.6) is 0 Å². The minimum absolute atomic E-state index is 0.00302. The summed E-state index contributed by atoms with van der Waals surface area (Å²) in [4.78, 5) is 22.0. The Balaban J connectivity index is 2.04. The van der Waals surface area contributed by atoms with E-state index in [9.17, 15) is 14.9 Å². The number of benzene rings is 2. The zero-order chi connectivity index (χ0) is 15.4. The van der Waals surface area contributed by atoms with E-state index in [1.165, 1.54) is 12.1 Å². The molecule has 0 atom stereocenters. The van der Waals surface area contributed by atoms with Crippen LogP contribution in [-0.4, -0.2) is 10.8 Å². The molecule has 108 valence electrons. The number of carbonyl (C=O) groups is 1. The Morgan fingerprint density at radius 2 is 1.90 bits per heavy atom. The molecule has 0 aliphatic carbocycles. The van der Waals surface area contributed by atoms with Gasteiger partial charge in [-0.2, -0.15) is 0 Å². The maximum Gasteiger partial charge on any atom is 0.269 e. The summed E-state index contributed by atoms with van der Waals surface area (Å²) >= 11 is 9.19. The van der Waals surface area contributed by atoms with Gasteiger partial charge in [0.1, 0.15) is 0 Å². The van der Waals surface area contributed by atoms with Crippen molar-refractivity contribution in [2.75, 3.05) is 5.32 Å². The van der Waals surface area contributed by atoms with E-state index in [0.717, 1.165) is 4.47 Å². The fourth-order valence-corrected chi connectivity index (χ4v) is 2.23. The zero-order valence-electron chi connectivity index (χ0n) is 10.7. The van der Waals surface area contributed by atoms with Gasteiger partial charge < -0.3 is 5.32 Å². The van der Waals surface area contributed by atoms with Crippen molar-refractivity contribution >= 4 is 44.8 Å². The van der Waals surface area contributed by atoms with Crippen molar-refractivity contribution in [3.8, 4) is 0 Å². The topological polar surface area (TPSA) is 72.2 Å². The number of anilines is 1. The molecule has 0 spiro atoms. The molecule has 2 rings (SSSR count). The first kappa shape index (κ1) is 15.5. The molecule has 5 nitrogen and oxygen atoms in total. The summed E-state index contributed by atoms with van der Waals surface area (Å²) in [7, 11) is 0. The molecule has 0 aromatic heterocycles. The lowest BCUT2D eigenvalue weighted by atomic mass is 10.1. The van der Waals surface area contributed by atoms with Crippen molar-refractivity contribution in [2.45, 2.75) is 6.42 Å². The minimum atomic E-state index is -0.479. The van der Waals surface area contributed by atoms with E-state index in [-0.39, 0.29) is 18.0 Å². The van der Waals surface area contributed by atoms with Crippen LogP contribution in [0.15, 0.2) is 46.9 Å². The van der Waals surface area contributed by atoms with Crippen LogP contribution in [0.3, 0.4) is 0 Å². The van der Waals surface area contributed by atoms with Gasteiger partial charge >= 0.3 is 0 Å². The van der Waals surface area contributed by atoms with Gasteiger partial charge in [0.15, 0.2) is 0 Å². The van der Waals surface area contributed by atoms with Crippen LogP contribution in [-0.2, 0) is 11.2 Å². The van der Waals surface area contributed by atoms with E-state index in [4.69, 9.17) is 11.6 Å². The summed E-state index contributed by atoms with van der Waals surface area (Å²) in [5.74, 6) is -0.230. The molecule has 0 unspecified atom stereocenters. The number of halogens is 2. The Bertz CT molecular complexity index is 689. The first-order valence-corrected chi connectivity index (χ1v) is 7.11. The summed E-state index contributed by atoms with van der Waals surface area (Å²) < 4.78 is 0.726. The first-order valence-electron chi connectivity index (χ1n) is 5.94. The molecule has 7 heteroatoms. The number of nitrogens with zero attached hydrogens (tertiary/aromatic N) is 1. The maximum atomic E-state index is 12.0. The van der Waals surface area contributed by atoms with Crippen molar-refractivity contribution in [3.63, 3.8) is 0 Å². The Labute approximate surface area is 134 Å². The van der Waals surface area contributed by atoms with Crippen molar-refractivity contribution in [2.24, 2.45) is 0 Å². The molecule has 21 heavy (non-hydrogen) atoms. The fraction of sp³-hybridized carbons (Fsp3) is 0.0714. The van der Waals surface area contributed by atoms with Gasteiger partial charge in [-0.05, 0) is 39.7 Å². The smallest absolute Gasteiger partial charge is 0.269 e. The fourth-order valence-electron chi connectivity index (χ4n) is 1.71. The largest absolute Gasteiger partial charge is 0.325 e. The van der Waals surface area contributed by atoms with Gasteiger partial charge in [-0.25, -0.2) is 0 Å². The molecule has 0 aliphatic heterocycles. The normalized spacial score (nSPS) is 10.2. The summed E-state index contributed by atoms with van der Waals surface area (Å²) in [6, 6.07) is 11.0. The number of nitrogens with one attached hydrogen (secondary N) is 1. The molecule has 0 heterocycles. The van der Waals surface area contributed by atoms with Gasteiger partial charge in [0.2, 0.25) is 5.91 Å². The van der Waals surface area contributed by atoms with Crippen LogP contribution >= 0.6 is 27.5 Å². The molecule has 0 aliphatic rings. The van der Waals surface area contributed by atoms with Crippen LogP contribution in [0.2, 0.25) is 5.02 Å². The van der Waals surface area contributed by atoms with E-state index in [2.05, 4.69) is 21.2 Å². The van der Waals surface area contributed by atoms with Gasteiger partial charge in [0.25, 0.3) is 5.69 Å². The second-order valence-corrected chi connectivity index (χ2v) is 5.56. The van der Waals surface area contributed by atoms with Gasteiger partial charge in [0.05, 0.1) is 17.0 Å². The van der Waals surface area contributed by atoms with E-state index >= 15 is 0 Å². The van der Waals surface area contributed by atoms with Crippen LogP contribution in [0, 0.1) is 10.1 Å². The zero-order valence-corrected chi connectivity index (χ0v) is 13.0. The molecular formula is C14H10BrClN2O3. The Morgan fingerprint density at radius 3 is 2.52 bits per heavy atom. The Hall–Kier alpha value is -1.92. The van der Waals surface area contributed by atoms with Crippen molar-refractivity contribution in [1.29, 1.82) is 0 Å². The van der Waals surface area contributed by atoms with Crippen molar-refractivity contribution in [3.05, 3.63) is 67.6 Å². The summed E-state index contributed by atoms with van der Waals surface area (Å²) in [6.45, 7) is 0. The Kier molecular flexibility index (Phi) is 4.93. The average molecular weight is 370 g/mol. The number of hydrogen-bond donors (Lipinski definition) is 1. The lowest BCUT2D eigenvalue weighted by Crippen LogP contribution is -2.14. The number of nitro benzene ring substituents is 1. The molecule has 2 aromatic rings. The van der Waals surface area contributed by atoms with Gasteiger partial charge in [0, 0.05) is 21.6 Å². The third-order valence-electron chi connectivity index (χ3n) is 2.71. The molecule has 0 saturated heterocycles. The predicted molar refractivity (Wildman–Crippen MR) is 84.6 cm³/mol. The van der Waals surface area contributed by atoms with E-state index in [1.54, 1.807) is 30.3 Å². The van der Waals surface area contributed by atoms with Gasteiger partial charge in [-0.15, -0.1) is 0 Å². The van der Waals surface area contributed by atoms with Gasteiger partial charge in [-0.1, -0.05) is 23.7 Å². The predicted octanol–water partition coefficient (Wildman–Crippen LogP) is 4.19. The van der Waals surface area contributed by atoms with Crippen LogP contribution in [0.25, 0.3) is 0 Å². The van der Waals surface area contributed by atoms with E-state index in [0.29, 0.717) is 16.3 Å². The van der Waals surface area contributed by atoms with E-state index in [1.807, 2.05) is 0 Å². The molecular weight excluding hydrogens is 360 g/mol. The number of carbonyl (C=O) groups excluding carboxylic acids is 1. The summed E-state index contributed by atoms with van der Waals surface area (Å²) in [5.41, 5.74) is 1.27. The summed E-state index contributed by atoms with van der Waals surface area (Å²) in [5, 5.41) is 13.8. The molecule has 1 N–H and O–H groups in total. The van der Waals surface area contributed by atoms with Crippen molar-refractivity contribution in [1.82, 2.24) is 0 Å². The molecule has 0 saturated carbocycles. The second-order valence-electron chi connectivity index (χ2n) is 4.27. The highest BCUT2D eigenvalue weighted by atomic mass is 79.9. The highest BCUT2D eigenvalue weighted by molar-refractivity contribution is 9.10. The van der Waals surface area contributed by atoms with Crippen LogP contribution in [0.4, 0.5) is 11.4 Å². The lowest BCUT2D eigenvalue weighted by Gasteiger charge is -2.08. The van der Waals surface area contributed by atoms with Crippen LogP contribution < -0.4 is 5.32 Å². The van der Waals surface area contributed by atoms with E-state index < -0.39 is 4.92 Å². The monoisotopic (exact) mass is 368 g/mol. The number of hydrogen-bond acceptors (Lipinski definition) is 3. The highest BCUT2D eigenvalue weighted by Crippen LogP contribution is 2.26. The molecule has 0 radical (unpaired) electrons. The highest BCUT2D eigenvalue weighted by Gasteiger charge is 2.09. The average Bonchev–Trinajstić information content (AvgIpc) is 2.43. The van der Waals surface area contributed by atoms with Crippen molar-refractivity contribution < 1.29 is 9.72 Å². The lowest BCUT2D eigenvalue weighted by molar-refractivity contribution is -0.384. The first-order chi connectivity index (χ1) is 9.95. The minimum Gasteiger partial charge on any atom is -0.325 e. The molecule has 0 fully saturated rings. The summed E-state index contributed by atoms with van der Waals surface area (Å²) in [6.07, 6.45) is 0.122. The standard InChI is InChI=1S/C14H10BrClN2O3/c15-12-6-3-10(16)8-13(12)17-14(19)7-9-1-4-11(5-2-9)18(20)21/h1-6,8H,7H2,(H,17,19). The Morgan fingerprint density at radius 1 is 1.24 bits per heavy atom. The molecule has 0 bridgehead atoms. The number of nitro groups is 1. The maximum absolute atomic E-state index is 12.0. The SMILES string of the molecule is O=C(Cc1ccc([N+](=O)[O-])cc1)Nc1cc(Cl)ccc1Br. The molecule has 2 aromatic carbocycles. The quantitative estimate of drug-likeness (QED) is 0.648. The third-order valence-corrected chi connectivity index (χ3v) is 3.64. The van der Waals surface area contributed by atoms with Crippen LogP contribution in [0.1, 0.15) is 5.56 Å². The molecule has 1 amide bonds. The third kappa shape index (κ3) is 4.27. The number of non-ortho nitro benzene ring substituents is 1. The van der Waals surface area contributed by atoms with Gasteiger partial charge in [-0.3, -0.25) is 14.9 Å².